The number of aryl methyl sites for hydroxylation is 1. The second kappa shape index (κ2) is 6.10. The van der Waals surface area contributed by atoms with Crippen molar-refractivity contribution in [3.63, 3.8) is 0 Å². The fourth-order valence-corrected chi connectivity index (χ4v) is 3.33. The smallest absolute Gasteiger partial charge is 0.303 e. The Morgan fingerprint density at radius 1 is 1.48 bits per heavy atom. The standard InChI is InChI=1S/C12H20N4O4S/c1-15-8-11(13-14-15)10-7-16(3-4-21(2,19)20)6-9(10)5-12(17)18/h8-10H,3-7H2,1-2H3,(H,17,18)/t9-,10+/m0/s1. The van der Waals surface area contributed by atoms with Crippen LogP contribution in [0.15, 0.2) is 6.20 Å². The van der Waals surface area contributed by atoms with Crippen LogP contribution in [0.1, 0.15) is 18.0 Å². The highest BCUT2D eigenvalue weighted by atomic mass is 32.2. The van der Waals surface area contributed by atoms with Crippen LogP contribution < -0.4 is 0 Å². The van der Waals surface area contributed by atoms with Crippen molar-refractivity contribution in [1.29, 1.82) is 0 Å². The molecule has 21 heavy (non-hydrogen) atoms. The van der Waals surface area contributed by atoms with E-state index < -0.39 is 15.8 Å². The van der Waals surface area contributed by atoms with Gasteiger partial charge in [0.25, 0.3) is 0 Å². The zero-order valence-corrected chi connectivity index (χ0v) is 13.0. The van der Waals surface area contributed by atoms with E-state index in [4.69, 9.17) is 5.11 Å². The van der Waals surface area contributed by atoms with Gasteiger partial charge >= 0.3 is 5.97 Å². The summed E-state index contributed by atoms with van der Waals surface area (Å²) in [5, 5.41) is 17.0. The lowest BCUT2D eigenvalue weighted by atomic mass is 9.91. The summed E-state index contributed by atoms with van der Waals surface area (Å²) in [5.74, 6) is -0.855. The summed E-state index contributed by atoms with van der Waals surface area (Å²) in [4.78, 5) is 13.0. The molecule has 1 saturated heterocycles. The Hall–Kier alpha value is -1.48. The topological polar surface area (TPSA) is 105 Å². The lowest BCUT2D eigenvalue weighted by molar-refractivity contribution is -0.138. The van der Waals surface area contributed by atoms with E-state index in [1.54, 1.807) is 17.9 Å². The Morgan fingerprint density at radius 3 is 2.71 bits per heavy atom. The first kappa shape index (κ1) is 15.9. The lowest BCUT2D eigenvalue weighted by Gasteiger charge is -2.14. The maximum absolute atomic E-state index is 11.3. The number of carbonyl (C=O) groups is 1. The first-order valence-corrected chi connectivity index (χ1v) is 8.79. The monoisotopic (exact) mass is 316 g/mol. The summed E-state index contributed by atoms with van der Waals surface area (Å²) in [6.07, 6.45) is 3.05. The molecule has 1 fully saturated rings. The molecule has 1 N–H and O–H groups in total. The van der Waals surface area contributed by atoms with Crippen molar-refractivity contribution in [3.8, 4) is 0 Å². The molecule has 0 aromatic carbocycles. The number of nitrogens with zero attached hydrogens (tertiary/aromatic N) is 4. The van der Waals surface area contributed by atoms with Crippen molar-refractivity contribution in [1.82, 2.24) is 19.9 Å². The van der Waals surface area contributed by atoms with Gasteiger partial charge in [-0.2, -0.15) is 0 Å². The highest BCUT2D eigenvalue weighted by Crippen LogP contribution is 2.33. The van der Waals surface area contributed by atoms with Gasteiger partial charge in [-0.3, -0.25) is 9.48 Å². The van der Waals surface area contributed by atoms with E-state index in [2.05, 4.69) is 10.3 Å². The number of carboxylic acids is 1. The van der Waals surface area contributed by atoms with Crippen LogP contribution in [0.25, 0.3) is 0 Å². The number of rotatable bonds is 6. The maximum atomic E-state index is 11.3. The van der Waals surface area contributed by atoms with Gasteiger partial charge in [-0.15, -0.1) is 5.10 Å². The summed E-state index contributed by atoms with van der Waals surface area (Å²) < 4.78 is 24.1. The Morgan fingerprint density at radius 2 is 2.19 bits per heavy atom. The molecular weight excluding hydrogens is 296 g/mol. The largest absolute Gasteiger partial charge is 0.481 e. The van der Waals surface area contributed by atoms with E-state index in [1.807, 2.05) is 4.90 Å². The van der Waals surface area contributed by atoms with E-state index >= 15 is 0 Å². The molecule has 0 spiro atoms. The van der Waals surface area contributed by atoms with Gasteiger partial charge in [0.15, 0.2) is 0 Å². The predicted molar refractivity (Wildman–Crippen MR) is 75.6 cm³/mol. The Labute approximate surface area is 123 Å². The minimum atomic E-state index is -3.02. The summed E-state index contributed by atoms with van der Waals surface area (Å²) in [5.41, 5.74) is 0.769. The van der Waals surface area contributed by atoms with Crippen molar-refractivity contribution in [2.75, 3.05) is 31.6 Å². The van der Waals surface area contributed by atoms with Crippen LogP contribution in [0, 0.1) is 5.92 Å². The fraction of sp³-hybridized carbons (Fsp3) is 0.750. The molecule has 1 aliphatic heterocycles. The van der Waals surface area contributed by atoms with Gasteiger partial charge in [0.2, 0.25) is 0 Å². The second-order valence-electron chi connectivity index (χ2n) is 5.67. The second-order valence-corrected chi connectivity index (χ2v) is 7.93. The highest BCUT2D eigenvalue weighted by molar-refractivity contribution is 7.90. The van der Waals surface area contributed by atoms with Gasteiger partial charge in [-0.1, -0.05) is 5.21 Å². The van der Waals surface area contributed by atoms with Crippen molar-refractivity contribution >= 4 is 15.8 Å². The molecule has 2 atom stereocenters. The van der Waals surface area contributed by atoms with E-state index in [9.17, 15) is 13.2 Å². The number of sulfone groups is 1. The van der Waals surface area contributed by atoms with E-state index in [0.717, 1.165) is 5.69 Å². The Balaban J connectivity index is 2.08. The number of aliphatic carboxylic acids is 1. The molecule has 0 saturated carbocycles. The van der Waals surface area contributed by atoms with Crippen LogP contribution in [-0.4, -0.2) is 71.0 Å². The molecule has 118 valence electrons. The average molecular weight is 316 g/mol. The van der Waals surface area contributed by atoms with Crippen LogP contribution in [0.5, 0.6) is 0 Å². The van der Waals surface area contributed by atoms with E-state index in [1.165, 1.54) is 6.26 Å². The third-order valence-electron chi connectivity index (χ3n) is 3.73. The Bertz CT molecular complexity index is 613. The summed E-state index contributed by atoms with van der Waals surface area (Å²) in [6.45, 7) is 1.61. The molecule has 0 aliphatic carbocycles. The van der Waals surface area contributed by atoms with Gasteiger partial charge in [0.05, 0.1) is 17.9 Å². The fourth-order valence-electron chi connectivity index (χ4n) is 2.74. The molecule has 2 heterocycles. The zero-order valence-electron chi connectivity index (χ0n) is 12.1. The molecular formula is C12H20N4O4S. The molecule has 0 bridgehead atoms. The molecule has 0 amide bonds. The van der Waals surface area contributed by atoms with Gasteiger partial charge in [0, 0.05) is 45.1 Å². The van der Waals surface area contributed by atoms with Crippen LogP contribution >= 0.6 is 0 Å². The van der Waals surface area contributed by atoms with Crippen molar-refractivity contribution in [2.45, 2.75) is 12.3 Å². The number of hydrogen-bond acceptors (Lipinski definition) is 6. The number of aromatic nitrogens is 3. The maximum Gasteiger partial charge on any atom is 0.303 e. The van der Waals surface area contributed by atoms with Gasteiger partial charge in [-0.25, -0.2) is 8.42 Å². The molecule has 1 aromatic heterocycles. The van der Waals surface area contributed by atoms with Crippen LogP contribution in [0.4, 0.5) is 0 Å². The minimum absolute atomic E-state index is 0.0191. The first-order chi connectivity index (χ1) is 9.74. The van der Waals surface area contributed by atoms with Crippen molar-refractivity contribution in [3.05, 3.63) is 11.9 Å². The summed E-state index contributed by atoms with van der Waals surface area (Å²) in [7, 11) is -1.26. The predicted octanol–water partition coefficient (Wildman–Crippen LogP) is -0.650. The molecule has 1 aromatic rings. The zero-order chi connectivity index (χ0) is 15.6. The first-order valence-electron chi connectivity index (χ1n) is 6.72. The summed E-state index contributed by atoms with van der Waals surface area (Å²) >= 11 is 0. The molecule has 0 radical (unpaired) electrons. The quantitative estimate of drug-likeness (QED) is 0.743. The van der Waals surface area contributed by atoms with E-state index in [0.29, 0.717) is 19.6 Å². The van der Waals surface area contributed by atoms with Crippen LogP contribution in [0.2, 0.25) is 0 Å². The van der Waals surface area contributed by atoms with Crippen LogP contribution in [0.3, 0.4) is 0 Å². The van der Waals surface area contributed by atoms with Crippen molar-refractivity contribution < 1.29 is 18.3 Å². The lowest BCUT2D eigenvalue weighted by Crippen LogP contribution is -2.27. The molecule has 8 nitrogen and oxygen atoms in total. The third-order valence-corrected chi connectivity index (χ3v) is 4.66. The third kappa shape index (κ3) is 4.50. The minimum Gasteiger partial charge on any atom is -0.481 e. The van der Waals surface area contributed by atoms with Crippen molar-refractivity contribution in [2.24, 2.45) is 13.0 Å². The van der Waals surface area contributed by atoms with Crippen LogP contribution in [-0.2, 0) is 21.7 Å². The Kier molecular flexibility index (Phi) is 4.62. The SMILES string of the molecule is Cn1cc([C@@H]2CN(CCS(C)(=O)=O)C[C@@H]2CC(=O)O)nn1. The molecule has 0 unspecified atom stereocenters. The number of likely N-dealkylation sites (tertiary alicyclic amines) is 1. The number of carboxylic acid groups (broad SMARTS) is 1. The molecule has 1 aliphatic rings. The summed E-state index contributed by atoms with van der Waals surface area (Å²) in [6, 6.07) is 0. The van der Waals surface area contributed by atoms with Gasteiger partial charge in [0.1, 0.15) is 9.84 Å². The average Bonchev–Trinajstić information content (AvgIpc) is 2.91. The normalized spacial score (nSPS) is 23.5. The number of hydrogen-bond donors (Lipinski definition) is 1. The van der Waals surface area contributed by atoms with E-state index in [-0.39, 0.29) is 24.0 Å². The molecule has 2 rings (SSSR count). The molecule has 9 heteroatoms. The highest BCUT2D eigenvalue weighted by Gasteiger charge is 2.36. The van der Waals surface area contributed by atoms with Gasteiger partial charge < -0.3 is 10.0 Å². The van der Waals surface area contributed by atoms with Gasteiger partial charge in [-0.05, 0) is 5.92 Å².